The van der Waals surface area contributed by atoms with E-state index in [0.717, 1.165) is 41.7 Å². The van der Waals surface area contributed by atoms with Crippen LogP contribution in [0, 0.1) is 18.4 Å². The van der Waals surface area contributed by atoms with E-state index in [1.165, 1.54) is 5.56 Å². The molecule has 0 aliphatic carbocycles. The second-order valence-corrected chi connectivity index (χ2v) is 8.64. The van der Waals surface area contributed by atoms with Gasteiger partial charge in [-0.3, -0.25) is 10.2 Å². The first-order valence-corrected chi connectivity index (χ1v) is 11.8. The number of aromatic nitrogens is 1. The van der Waals surface area contributed by atoms with Crippen LogP contribution in [-0.4, -0.2) is 47.2 Å². The average Bonchev–Trinajstić information content (AvgIpc) is 3.32. The van der Waals surface area contributed by atoms with Gasteiger partial charge in [-0.05, 0) is 35.9 Å². The molecule has 178 valence electrons. The van der Waals surface area contributed by atoms with Gasteiger partial charge in [0.1, 0.15) is 0 Å². The summed E-state index contributed by atoms with van der Waals surface area (Å²) in [6.07, 6.45) is 0. The Bertz CT molecular complexity index is 1480. The number of rotatable bonds is 4. The van der Waals surface area contributed by atoms with Gasteiger partial charge in [-0.2, -0.15) is 0 Å². The van der Waals surface area contributed by atoms with Gasteiger partial charge in [0.25, 0.3) is 0 Å². The van der Waals surface area contributed by atoms with E-state index in [2.05, 4.69) is 44.2 Å². The minimum atomic E-state index is -0.163. The first-order chi connectivity index (χ1) is 17.7. The minimum Gasteiger partial charge on any atom is -0.354 e. The topological polar surface area (TPSA) is 66.0 Å². The normalized spacial score (nSPS) is 13.6. The number of anilines is 1. The maximum Gasteiger partial charge on any atom is 0.323 e. The quantitative estimate of drug-likeness (QED) is 0.333. The number of nitrogens with one attached hydrogen (secondary N) is 1. The van der Waals surface area contributed by atoms with Crippen LogP contribution in [0.15, 0.2) is 77.3 Å². The van der Waals surface area contributed by atoms with Crippen molar-refractivity contribution < 1.29 is 9.32 Å². The molecule has 36 heavy (non-hydrogen) atoms. The molecule has 0 atom stereocenters. The Morgan fingerprint density at radius 1 is 1.00 bits per heavy atom. The van der Waals surface area contributed by atoms with E-state index in [1.807, 2.05) is 65.6 Å². The lowest BCUT2D eigenvalue weighted by atomic mass is 10.1. The molecule has 0 saturated carbocycles. The molecule has 1 aliphatic rings. The second kappa shape index (κ2) is 10.8. The lowest BCUT2D eigenvalue weighted by molar-refractivity contribution is 0.143. The Balaban J connectivity index is 1.17. The van der Waals surface area contributed by atoms with Gasteiger partial charge in [-0.25, -0.2) is 11.4 Å². The molecule has 2 heterocycles. The van der Waals surface area contributed by atoms with Gasteiger partial charge in [0, 0.05) is 49.4 Å². The van der Waals surface area contributed by atoms with Gasteiger partial charge in [-0.15, -0.1) is 0 Å². The fourth-order valence-corrected chi connectivity index (χ4v) is 4.28. The largest absolute Gasteiger partial charge is 0.354 e. The third-order valence-electron chi connectivity index (χ3n) is 6.20. The fourth-order valence-electron chi connectivity index (χ4n) is 4.28. The molecule has 7 nitrogen and oxygen atoms in total. The van der Waals surface area contributed by atoms with E-state index in [4.69, 9.17) is 11.1 Å². The van der Waals surface area contributed by atoms with Crippen LogP contribution in [0.1, 0.15) is 22.3 Å². The number of benzene rings is 3. The molecule has 2 amide bonds. The SMILES string of the molecule is [C-]#[N+]Cc1ccccc1C#Cc1cccc(CN2CCN(C(=O)Nc3noc4ccccc34)CC2)c1. The average molecular weight is 476 g/mol. The number of carbonyl (C=O) groups excluding carboxylic acids is 1. The van der Waals surface area contributed by atoms with Crippen LogP contribution in [0.5, 0.6) is 0 Å². The Labute approximate surface area is 210 Å². The molecule has 1 aromatic heterocycles. The number of hydrogen-bond acceptors (Lipinski definition) is 4. The lowest BCUT2D eigenvalue weighted by Gasteiger charge is -2.34. The minimum absolute atomic E-state index is 0.163. The van der Waals surface area contributed by atoms with Gasteiger partial charge in [0.05, 0.1) is 5.39 Å². The summed E-state index contributed by atoms with van der Waals surface area (Å²) in [5, 5.41) is 7.66. The Kier molecular flexibility index (Phi) is 6.93. The zero-order valence-corrected chi connectivity index (χ0v) is 19.8. The van der Waals surface area contributed by atoms with Crippen molar-refractivity contribution in [3.8, 4) is 11.8 Å². The molecule has 4 aromatic rings. The van der Waals surface area contributed by atoms with Crippen LogP contribution in [0.4, 0.5) is 10.6 Å². The summed E-state index contributed by atoms with van der Waals surface area (Å²) < 4.78 is 5.28. The fraction of sp³-hybridized carbons (Fsp3) is 0.207. The van der Waals surface area contributed by atoms with Crippen LogP contribution in [0.2, 0.25) is 0 Å². The van der Waals surface area contributed by atoms with Gasteiger partial charge in [-0.1, -0.05) is 59.5 Å². The van der Waals surface area contributed by atoms with E-state index in [1.54, 1.807) is 0 Å². The molecule has 0 spiro atoms. The smallest absolute Gasteiger partial charge is 0.323 e. The van der Waals surface area contributed by atoms with E-state index in [9.17, 15) is 4.79 Å². The van der Waals surface area contributed by atoms with E-state index >= 15 is 0 Å². The Hall–Kier alpha value is -4.59. The maximum absolute atomic E-state index is 12.8. The van der Waals surface area contributed by atoms with Gasteiger partial charge in [0.15, 0.2) is 11.4 Å². The molecule has 1 N–H and O–H groups in total. The number of urea groups is 1. The van der Waals surface area contributed by atoms with E-state index in [0.29, 0.717) is 31.0 Å². The summed E-state index contributed by atoms with van der Waals surface area (Å²) in [6, 6.07) is 23.3. The predicted octanol–water partition coefficient (Wildman–Crippen LogP) is 5.00. The summed E-state index contributed by atoms with van der Waals surface area (Å²) >= 11 is 0. The van der Waals surface area contributed by atoms with Gasteiger partial charge in [0.2, 0.25) is 6.54 Å². The van der Waals surface area contributed by atoms with Crippen LogP contribution >= 0.6 is 0 Å². The zero-order chi connectivity index (χ0) is 24.7. The monoisotopic (exact) mass is 475 g/mol. The molecule has 5 rings (SSSR count). The highest BCUT2D eigenvalue weighted by molar-refractivity contribution is 5.98. The van der Waals surface area contributed by atoms with Crippen LogP contribution in [0.3, 0.4) is 0 Å². The molecule has 3 aromatic carbocycles. The third kappa shape index (κ3) is 5.38. The number of carbonyl (C=O) groups is 1. The lowest BCUT2D eigenvalue weighted by Crippen LogP contribution is -2.49. The Morgan fingerprint density at radius 3 is 2.67 bits per heavy atom. The molecule has 0 unspecified atom stereocenters. The molecule has 1 fully saturated rings. The van der Waals surface area contributed by atoms with Crippen molar-refractivity contribution in [1.82, 2.24) is 15.0 Å². The van der Waals surface area contributed by atoms with Gasteiger partial charge < -0.3 is 14.3 Å². The first-order valence-electron chi connectivity index (χ1n) is 11.8. The van der Waals surface area contributed by atoms with Crippen molar-refractivity contribution in [3.05, 3.63) is 106 Å². The molecule has 0 bridgehead atoms. The predicted molar refractivity (Wildman–Crippen MR) is 139 cm³/mol. The van der Waals surface area contributed by atoms with Gasteiger partial charge >= 0.3 is 6.03 Å². The standard InChI is InChI=1S/C29H25N5O2/c1-30-20-25-10-3-2-9-24(25)14-13-22-7-6-8-23(19-22)21-33-15-17-34(18-16-33)29(35)31-28-26-11-4-5-12-27(26)36-32-28/h2-12,19H,15-18,20-21H2,(H,31,32,35). The highest BCUT2D eigenvalue weighted by atomic mass is 16.5. The van der Waals surface area contributed by atoms with Crippen molar-refractivity contribution in [1.29, 1.82) is 0 Å². The van der Waals surface area contributed by atoms with Crippen molar-refractivity contribution in [3.63, 3.8) is 0 Å². The summed E-state index contributed by atoms with van der Waals surface area (Å²) in [5.74, 6) is 6.92. The van der Waals surface area contributed by atoms with Crippen molar-refractivity contribution in [2.24, 2.45) is 0 Å². The van der Waals surface area contributed by atoms with Crippen molar-refractivity contribution >= 4 is 22.8 Å². The third-order valence-corrected chi connectivity index (χ3v) is 6.20. The summed E-state index contributed by atoms with van der Waals surface area (Å²) in [6.45, 7) is 11.1. The summed E-state index contributed by atoms with van der Waals surface area (Å²) in [4.78, 5) is 20.4. The van der Waals surface area contributed by atoms with Crippen LogP contribution in [-0.2, 0) is 13.1 Å². The molecule has 7 heteroatoms. The van der Waals surface area contributed by atoms with E-state index in [-0.39, 0.29) is 6.03 Å². The molecule has 1 aliphatic heterocycles. The van der Waals surface area contributed by atoms with Crippen LogP contribution in [0.25, 0.3) is 15.8 Å². The molecule has 0 radical (unpaired) electrons. The second-order valence-electron chi connectivity index (χ2n) is 8.64. The first kappa shape index (κ1) is 23.2. The number of hydrogen-bond donors (Lipinski definition) is 1. The van der Waals surface area contributed by atoms with Crippen LogP contribution < -0.4 is 5.32 Å². The molecular weight excluding hydrogens is 450 g/mol. The number of nitrogens with zero attached hydrogens (tertiary/aromatic N) is 4. The highest BCUT2D eigenvalue weighted by Gasteiger charge is 2.22. The number of amides is 2. The summed E-state index contributed by atoms with van der Waals surface area (Å²) in [7, 11) is 0. The number of para-hydroxylation sites is 1. The summed E-state index contributed by atoms with van der Waals surface area (Å²) in [5.41, 5.74) is 4.63. The zero-order valence-electron chi connectivity index (χ0n) is 19.8. The number of fused-ring (bicyclic) bond motifs is 1. The Morgan fingerprint density at radius 2 is 1.81 bits per heavy atom. The molecular formula is C29H25N5O2. The maximum atomic E-state index is 12.8. The van der Waals surface area contributed by atoms with Crippen molar-refractivity contribution in [2.75, 3.05) is 31.5 Å². The number of piperazine rings is 1. The molecule has 1 saturated heterocycles. The van der Waals surface area contributed by atoms with E-state index < -0.39 is 0 Å². The van der Waals surface area contributed by atoms with Crippen molar-refractivity contribution in [2.45, 2.75) is 13.1 Å². The highest BCUT2D eigenvalue weighted by Crippen LogP contribution is 2.22.